The molecule has 1 saturated carbocycles. The van der Waals surface area contributed by atoms with Gasteiger partial charge in [0.2, 0.25) is 11.8 Å². The molecule has 1 spiro atoms. The van der Waals surface area contributed by atoms with E-state index in [4.69, 9.17) is 5.26 Å². The maximum Gasteiger partial charge on any atom is 0.408 e. The van der Waals surface area contributed by atoms with Crippen LogP contribution in [0.4, 0.5) is 10.5 Å². The lowest BCUT2D eigenvalue weighted by molar-refractivity contribution is -0.150. The van der Waals surface area contributed by atoms with Crippen LogP contribution >= 0.6 is 0 Å². The van der Waals surface area contributed by atoms with Gasteiger partial charge in [-0.15, -0.1) is 0 Å². The van der Waals surface area contributed by atoms with E-state index in [0.29, 0.717) is 38.2 Å². The highest BCUT2D eigenvalue weighted by atomic mass is 16.5. The van der Waals surface area contributed by atoms with Gasteiger partial charge >= 0.3 is 6.09 Å². The molecule has 0 radical (unpaired) electrons. The first kappa shape index (κ1) is 22.9. The lowest BCUT2D eigenvalue weighted by Crippen LogP contribution is -2.63. The minimum Gasteiger partial charge on any atom is -0.465 e. The lowest BCUT2D eigenvalue weighted by atomic mass is 9.78. The van der Waals surface area contributed by atoms with E-state index in [1.807, 2.05) is 26.0 Å². The Morgan fingerprint density at radius 2 is 1.85 bits per heavy atom. The number of carbonyl (C=O) groups is 3. The number of nitrogens with zero attached hydrogens (tertiary/aromatic N) is 4. The molecule has 2 aliphatic heterocycles. The van der Waals surface area contributed by atoms with Gasteiger partial charge in [0.25, 0.3) is 0 Å². The van der Waals surface area contributed by atoms with Crippen molar-refractivity contribution in [2.24, 2.45) is 17.3 Å². The van der Waals surface area contributed by atoms with Crippen molar-refractivity contribution >= 4 is 23.6 Å². The van der Waals surface area contributed by atoms with Crippen LogP contribution in [0.15, 0.2) is 18.2 Å². The monoisotopic (exact) mass is 455 g/mol. The number of carboxylic acid groups (broad SMARTS) is 1. The van der Waals surface area contributed by atoms with Gasteiger partial charge in [0.15, 0.2) is 0 Å². The van der Waals surface area contributed by atoms with Crippen molar-refractivity contribution in [2.45, 2.75) is 32.7 Å². The van der Waals surface area contributed by atoms with Gasteiger partial charge in [-0.2, -0.15) is 5.26 Å². The minimum absolute atomic E-state index is 0.222. The number of piperazine rings is 1. The number of anilines is 1. The van der Waals surface area contributed by atoms with Crippen LogP contribution in [0.25, 0.3) is 0 Å². The molecule has 176 valence electrons. The number of hydrogen-bond donors (Lipinski definition) is 3. The van der Waals surface area contributed by atoms with Crippen molar-refractivity contribution in [3.63, 3.8) is 0 Å². The second-order valence-corrected chi connectivity index (χ2v) is 9.53. The Balaban J connectivity index is 1.51. The number of rotatable bonds is 3. The molecule has 3 amide bonds. The molecule has 3 fully saturated rings. The standard InChI is InChI=1S/C23H29N5O5/c1-14-9-16(12-24)3-4-18(14)26-5-7-27(8-6-26)21(30)19-17(20(29)25-33)11-23(10-15(23)2)13-28(19)22(31)32/h3-4,9,15,17,19,33H,5-8,10-11,13H2,1-2H3,(H,25,29)(H,31,32)/t15?,17-,19-,23?/m0/s1. The van der Waals surface area contributed by atoms with Crippen LogP contribution in [0.2, 0.25) is 0 Å². The van der Waals surface area contributed by atoms with Crippen LogP contribution in [0.3, 0.4) is 0 Å². The summed E-state index contributed by atoms with van der Waals surface area (Å²) in [5.74, 6) is -1.78. The van der Waals surface area contributed by atoms with Gasteiger partial charge in [-0.05, 0) is 54.9 Å². The smallest absolute Gasteiger partial charge is 0.408 e. The molecule has 3 aliphatic rings. The largest absolute Gasteiger partial charge is 0.465 e. The van der Waals surface area contributed by atoms with Gasteiger partial charge in [-0.3, -0.25) is 19.7 Å². The molecule has 10 nitrogen and oxygen atoms in total. The molecule has 0 aromatic heterocycles. The van der Waals surface area contributed by atoms with E-state index < -0.39 is 29.9 Å². The fourth-order valence-corrected chi connectivity index (χ4v) is 5.57. The highest BCUT2D eigenvalue weighted by molar-refractivity contribution is 5.92. The summed E-state index contributed by atoms with van der Waals surface area (Å²) in [7, 11) is 0. The normalized spacial score (nSPS) is 28.9. The third-order valence-corrected chi connectivity index (χ3v) is 7.63. The molecular weight excluding hydrogens is 426 g/mol. The summed E-state index contributed by atoms with van der Waals surface area (Å²) in [6, 6.07) is 6.46. The number of nitriles is 1. The second-order valence-electron chi connectivity index (χ2n) is 9.53. The van der Waals surface area contributed by atoms with E-state index in [2.05, 4.69) is 11.0 Å². The summed E-state index contributed by atoms with van der Waals surface area (Å²) in [5.41, 5.74) is 3.90. The minimum atomic E-state index is -1.23. The number of hydrogen-bond acceptors (Lipinski definition) is 6. The maximum absolute atomic E-state index is 13.5. The van der Waals surface area contributed by atoms with E-state index in [1.165, 1.54) is 0 Å². The van der Waals surface area contributed by atoms with Gasteiger partial charge < -0.3 is 14.9 Å². The number of likely N-dealkylation sites (tertiary alicyclic amines) is 1. The molecular formula is C23H29N5O5. The van der Waals surface area contributed by atoms with E-state index in [0.717, 1.165) is 22.6 Å². The maximum atomic E-state index is 13.5. The first-order valence-electron chi connectivity index (χ1n) is 11.2. The van der Waals surface area contributed by atoms with Gasteiger partial charge in [0.05, 0.1) is 17.6 Å². The Morgan fingerprint density at radius 1 is 1.18 bits per heavy atom. The van der Waals surface area contributed by atoms with E-state index in [9.17, 15) is 24.7 Å². The first-order valence-corrected chi connectivity index (χ1v) is 11.2. The SMILES string of the molecule is Cc1cc(C#N)ccc1N1CCN(C(=O)[C@@H]2[C@@H](C(=O)NO)CC3(CC3C)CN2C(=O)O)CC1. The number of piperidine rings is 1. The first-order chi connectivity index (χ1) is 15.7. The van der Waals surface area contributed by atoms with E-state index >= 15 is 0 Å². The topological polar surface area (TPSA) is 137 Å². The summed E-state index contributed by atoms with van der Waals surface area (Å²) < 4.78 is 0. The number of amides is 3. The number of aryl methyl sites for hydroxylation is 1. The molecule has 4 rings (SSSR count). The molecule has 0 bridgehead atoms. The molecule has 2 heterocycles. The summed E-state index contributed by atoms with van der Waals surface area (Å²) in [5, 5.41) is 28.2. The summed E-state index contributed by atoms with van der Waals surface area (Å²) in [4.78, 5) is 42.9. The average molecular weight is 456 g/mol. The zero-order chi connectivity index (χ0) is 23.9. The third kappa shape index (κ3) is 4.09. The van der Waals surface area contributed by atoms with Crippen LogP contribution in [0, 0.1) is 35.5 Å². The molecule has 1 aromatic carbocycles. The van der Waals surface area contributed by atoms with Crippen LogP contribution in [-0.4, -0.2) is 76.8 Å². The van der Waals surface area contributed by atoms with Crippen LogP contribution in [0.1, 0.15) is 30.9 Å². The Hall–Kier alpha value is -3.32. The van der Waals surface area contributed by atoms with Crippen LogP contribution < -0.4 is 10.4 Å². The Kier molecular flexibility index (Phi) is 5.93. The second kappa shape index (κ2) is 8.56. The van der Waals surface area contributed by atoms with E-state index in [1.54, 1.807) is 16.4 Å². The molecule has 1 aliphatic carbocycles. The zero-order valence-electron chi connectivity index (χ0n) is 18.8. The molecule has 10 heteroatoms. The van der Waals surface area contributed by atoms with Crippen molar-refractivity contribution in [1.82, 2.24) is 15.3 Å². The van der Waals surface area contributed by atoms with Gasteiger partial charge in [0, 0.05) is 38.4 Å². The predicted molar refractivity (Wildman–Crippen MR) is 117 cm³/mol. The Bertz CT molecular complexity index is 1010. The van der Waals surface area contributed by atoms with Crippen molar-refractivity contribution in [2.75, 3.05) is 37.6 Å². The van der Waals surface area contributed by atoms with Gasteiger partial charge in [0.1, 0.15) is 6.04 Å². The van der Waals surface area contributed by atoms with Crippen molar-refractivity contribution in [1.29, 1.82) is 5.26 Å². The number of nitrogens with one attached hydrogen (secondary N) is 1. The quantitative estimate of drug-likeness (QED) is 0.463. The summed E-state index contributed by atoms with van der Waals surface area (Å²) >= 11 is 0. The van der Waals surface area contributed by atoms with Crippen LogP contribution in [0.5, 0.6) is 0 Å². The van der Waals surface area contributed by atoms with Crippen molar-refractivity contribution in [3.8, 4) is 6.07 Å². The van der Waals surface area contributed by atoms with Crippen molar-refractivity contribution < 1.29 is 24.7 Å². The van der Waals surface area contributed by atoms with Gasteiger partial charge in [-0.1, -0.05) is 6.92 Å². The van der Waals surface area contributed by atoms with Crippen LogP contribution in [-0.2, 0) is 9.59 Å². The zero-order valence-corrected chi connectivity index (χ0v) is 18.8. The highest BCUT2D eigenvalue weighted by Gasteiger charge is 2.61. The summed E-state index contributed by atoms with van der Waals surface area (Å²) in [6.45, 7) is 6.05. The average Bonchev–Trinajstić information content (AvgIpc) is 3.44. The van der Waals surface area contributed by atoms with Gasteiger partial charge in [-0.25, -0.2) is 10.3 Å². The fourth-order valence-electron chi connectivity index (χ4n) is 5.57. The number of carbonyl (C=O) groups excluding carboxylic acids is 2. The molecule has 4 atom stereocenters. The predicted octanol–water partition coefficient (Wildman–Crippen LogP) is 1.42. The Morgan fingerprint density at radius 3 is 2.36 bits per heavy atom. The fraction of sp³-hybridized carbons (Fsp3) is 0.565. The molecule has 2 unspecified atom stereocenters. The third-order valence-electron chi connectivity index (χ3n) is 7.63. The highest BCUT2D eigenvalue weighted by Crippen LogP contribution is 2.59. The molecule has 2 saturated heterocycles. The van der Waals surface area contributed by atoms with Crippen molar-refractivity contribution in [3.05, 3.63) is 29.3 Å². The lowest BCUT2D eigenvalue weighted by Gasteiger charge is -2.45. The molecule has 1 aromatic rings. The molecule has 33 heavy (non-hydrogen) atoms. The summed E-state index contributed by atoms with van der Waals surface area (Å²) in [6.07, 6.45) is -0.0465. The molecule has 3 N–H and O–H groups in total. The Labute approximate surface area is 192 Å². The number of benzene rings is 1. The van der Waals surface area contributed by atoms with E-state index in [-0.39, 0.29) is 17.9 Å². The number of hydroxylamine groups is 1.